The van der Waals surface area contributed by atoms with Crippen LogP contribution in [-0.2, 0) is 21.4 Å². The summed E-state index contributed by atoms with van der Waals surface area (Å²) in [6, 6.07) is 9.54. The van der Waals surface area contributed by atoms with Crippen molar-refractivity contribution in [2.75, 3.05) is 19.6 Å². The van der Waals surface area contributed by atoms with E-state index in [-0.39, 0.29) is 18.4 Å². The molecular formula is C26H29Cl4N3O2. The van der Waals surface area contributed by atoms with Crippen molar-refractivity contribution >= 4 is 58.2 Å². The van der Waals surface area contributed by atoms with Gasteiger partial charge >= 0.3 is 0 Å². The highest BCUT2D eigenvalue weighted by Gasteiger charge is 2.55. The van der Waals surface area contributed by atoms with Gasteiger partial charge in [-0.25, -0.2) is 0 Å². The van der Waals surface area contributed by atoms with E-state index >= 15 is 0 Å². The number of carbonyl (C=O) groups excluding carboxylic acids is 2. The van der Waals surface area contributed by atoms with Gasteiger partial charge in [0.05, 0.1) is 5.41 Å². The second-order valence-electron chi connectivity index (χ2n) is 9.61. The molecule has 9 heteroatoms. The first-order chi connectivity index (χ1) is 16.6. The largest absolute Gasteiger partial charge is 0.368 e. The van der Waals surface area contributed by atoms with Crippen LogP contribution in [0.1, 0.15) is 43.7 Å². The van der Waals surface area contributed by atoms with E-state index in [9.17, 15) is 9.59 Å². The minimum Gasteiger partial charge on any atom is -0.368 e. The van der Waals surface area contributed by atoms with Gasteiger partial charge in [-0.3, -0.25) is 14.5 Å². The van der Waals surface area contributed by atoms with Crippen LogP contribution in [0.15, 0.2) is 36.4 Å². The Labute approximate surface area is 226 Å². The van der Waals surface area contributed by atoms with Crippen LogP contribution in [0.3, 0.4) is 0 Å². The predicted molar refractivity (Wildman–Crippen MR) is 143 cm³/mol. The van der Waals surface area contributed by atoms with E-state index in [1.54, 1.807) is 35.2 Å². The number of carbonyl (C=O) groups is 2. The van der Waals surface area contributed by atoms with E-state index in [1.165, 1.54) is 0 Å². The third-order valence-corrected chi connectivity index (χ3v) is 8.36. The zero-order chi connectivity index (χ0) is 25.3. The highest BCUT2D eigenvalue weighted by Crippen LogP contribution is 2.52. The SMILES string of the molecule is CC(CN(C(=O)C1(c2ccc(Cl)cc2Cl)CC1)[C@@H](Cc1ccc(Cl)cc1Cl)C(N)=O)N1CCCC1. The number of amides is 2. The lowest BCUT2D eigenvalue weighted by atomic mass is 9.92. The van der Waals surface area contributed by atoms with Gasteiger partial charge in [0.2, 0.25) is 11.8 Å². The van der Waals surface area contributed by atoms with Crippen LogP contribution in [-0.4, -0.2) is 53.3 Å². The lowest BCUT2D eigenvalue weighted by Crippen LogP contribution is -2.56. The molecule has 1 saturated heterocycles. The molecule has 2 aliphatic rings. The van der Waals surface area contributed by atoms with E-state index in [2.05, 4.69) is 11.8 Å². The molecule has 1 aliphatic heterocycles. The summed E-state index contributed by atoms with van der Waals surface area (Å²) in [5, 5.41) is 1.89. The summed E-state index contributed by atoms with van der Waals surface area (Å²) in [5.41, 5.74) is 6.58. The smallest absolute Gasteiger partial charge is 0.240 e. The molecule has 0 radical (unpaired) electrons. The first kappa shape index (κ1) is 26.6. The average molecular weight is 557 g/mol. The van der Waals surface area contributed by atoms with Crippen LogP contribution in [0, 0.1) is 0 Å². The van der Waals surface area contributed by atoms with Crippen molar-refractivity contribution in [1.29, 1.82) is 0 Å². The monoisotopic (exact) mass is 555 g/mol. The van der Waals surface area contributed by atoms with E-state index in [0.29, 0.717) is 45.0 Å². The maximum absolute atomic E-state index is 14.2. The summed E-state index contributed by atoms with van der Waals surface area (Å²) in [5.74, 6) is -0.711. The Morgan fingerprint density at radius 2 is 1.60 bits per heavy atom. The standard InChI is InChI=1S/C26H29Cl4N3O2/c1-16(32-10-2-3-11-32)15-33(23(24(31)34)12-17-4-5-18(27)13-21(17)29)25(35)26(8-9-26)20-7-6-19(28)14-22(20)30/h4-7,13-14,16,23H,2-3,8-12,15H2,1H3,(H2,31,34)/t16?,23-/m0/s1. The van der Waals surface area contributed by atoms with Crippen LogP contribution in [0.5, 0.6) is 0 Å². The van der Waals surface area contributed by atoms with E-state index in [4.69, 9.17) is 52.1 Å². The quantitative estimate of drug-likeness (QED) is 0.428. The molecule has 0 aromatic heterocycles. The topological polar surface area (TPSA) is 66.6 Å². The normalized spacial score (nSPS) is 18.8. The molecule has 1 aliphatic carbocycles. The number of hydrogen-bond donors (Lipinski definition) is 1. The molecule has 2 amide bonds. The first-order valence-corrected chi connectivity index (χ1v) is 13.4. The molecule has 1 unspecified atom stereocenters. The Balaban J connectivity index is 1.70. The molecule has 1 heterocycles. The van der Waals surface area contributed by atoms with E-state index < -0.39 is 17.4 Å². The number of nitrogens with two attached hydrogens (primary N) is 1. The summed E-state index contributed by atoms with van der Waals surface area (Å²) in [4.78, 5) is 31.1. The zero-order valence-electron chi connectivity index (χ0n) is 19.6. The minimum atomic E-state index is -0.866. The van der Waals surface area contributed by atoms with Gasteiger partial charge in [-0.1, -0.05) is 58.5 Å². The second-order valence-corrected chi connectivity index (χ2v) is 11.3. The maximum atomic E-state index is 14.2. The number of benzene rings is 2. The van der Waals surface area contributed by atoms with Gasteiger partial charge in [-0.15, -0.1) is 0 Å². The van der Waals surface area contributed by atoms with Crippen LogP contribution >= 0.6 is 46.4 Å². The summed E-state index contributed by atoms with van der Waals surface area (Å²) >= 11 is 25.1. The fourth-order valence-electron chi connectivity index (χ4n) is 5.07. The van der Waals surface area contributed by atoms with Crippen LogP contribution in [0.25, 0.3) is 0 Å². The Bertz CT molecular complexity index is 1120. The molecule has 2 aromatic rings. The lowest BCUT2D eigenvalue weighted by Gasteiger charge is -2.37. The molecule has 188 valence electrons. The number of halogens is 4. The molecule has 1 saturated carbocycles. The lowest BCUT2D eigenvalue weighted by molar-refractivity contribution is -0.142. The number of nitrogens with zero attached hydrogens (tertiary/aromatic N) is 2. The van der Waals surface area contributed by atoms with Gasteiger partial charge in [0.25, 0.3) is 0 Å². The van der Waals surface area contributed by atoms with E-state index in [0.717, 1.165) is 31.5 Å². The van der Waals surface area contributed by atoms with Gasteiger partial charge in [0.15, 0.2) is 0 Å². The highest BCUT2D eigenvalue weighted by molar-refractivity contribution is 6.35. The molecule has 35 heavy (non-hydrogen) atoms. The van der Waals surface area contributed by atoms with Crippen molar-refractivity contribution in [1.82, 2.24) is 9.80 Å². The number of hydrogen-bond acceptors (Lipinski definition) is 3. The number of primary amides is 1. The zero-order valence-corrected chi connectivity index (χ0v) is 22.6. The molecule has 4 rings (SSSR count). The van der Waals surface area contributed by atoms with E-state index in [1.807, 2.05) is 6.07 Å². The third kappa shape index (κ3) is 5.75. The minimum absolute atomic E-state index is 0.0699. The van der Waals surface area contributed by atoms with Gasteiger partial charge in [0, 0.05) is 39.1 Å². The number of rotatable bonds is 9. The van der Waals surface area contributed by atoms with Crippen molar-refractivity contribution in [2.24, 2.45) is 5.73 Å². The highest BCUT2D eigenvalue weighted by atomic mass is 35.5. The molecule has 0 bridgehead atoms. The Morgan fingerprint density at radius 1 is 1.00 bits per heavy atom. The summed E-state index contributed by atoms with van der Waals surface area (Å²) < 4.78 is 0. The molecule has 2 atom stereocenters. The van der Waals surface area contributed by atoms with Gasteiger partial charge in [0.1, 0.15) is 6.04 Å². The number of likely N-dealkylation sites (tertiary alicyclic amines) is 1. The molecule has 2 N–H and O–H groups in total. The van der Waals surface area contributed by atoms with Crippen molar-refractivity contribution < 1.29 is 9.59 Å². The molecule has 2 fully saturated rings. The fraction of sp³-hybridized carbons (Fsp3) is 0.462. The molecule has 0 spiro atoms. The third-order valence-electron chi connectivity index (χ3n) is 7.22. The molecular weight excluding hydrogens is 528 g/mol. The Kier molecular flexibility index (Phi) is 8.24. The van der Waals surface area contributed by atoms with Crippen LogP contribution in [0.2, 0.25) is 20.1 Å². The Hall–Kier alpha value is -1.50. The fourth-order valence-corrected chi connectivity index (χ4v) is 6.14. The second kappa shape index (κ2) is 10.9. The van der Waals surface area contributed by atoms with Crippen LogP contribution < -0.4 is 5.73 Å². The van der Waals surface area contributed by atoms with Gasteiger partial charge in [-0.2, -0.15) is 0 Å². The van der Waals surface area contributed by atoms with Crippen LogP contribution in [0.4, 0.5) is 0 Å². The first-order valence-electron chi connectivity index (χ1n) is 11.9. The summed E-state index contributed by atoms with van der Waals surface area (Å²) in [7, 11) is 0. The summed E-state index contributed by atoms with van der Waals surface area (Å²) in [6.45, 7) is 4.42. The van der Waals surface area contributed by atoms with Gasteiger partial charge in [-0.05, 0) is 81.1 Å². The summed E-state index contributed by atoms with van der Waals surface area (Å²) in [6.07, 6.45) is 3.75. The predicted octanol–water partition coefficient (Wildman–Crippen LogP) is 5.74. The van der Waals surface area contributed by atoms with Crippen molar-refractivity contribution in [3.63, 3.8) is 0 Å². The van der Waals surface area contributed by atoms with Gasteiger partial charge < -0.3 is 10.6 Å². The average Bonchev–Trinajstić information content (AvgIpc) is 3.40. The Morgan fingerprint density at radius 3 is 2.14 bits per heavy atom. The van der Waals surface area contributed by atoms with Crippen molar-refractivity contribution in [3.05, 3.63) is 67.6 Å². The van der Waals surface area contributed by atoms with Crippen molar-refractivity contribution in [2.45, 2.75) is 56.5 Å². The molecule has 2 aromatic carbocycles. The van der Waals surface area contributed by atoms with Crippen molar-refractivity contribution in [3.8, 4) is 0 Å². The molecule has 5 nitrogen and oxygen atoms in total. The maximum Gasteiger partial charge on any atom is 0.240 e.